The standard InChI is InChI=1S/C28H32N4O4/c1-4-12-29-13-7-14-31-26(34)28(3)17-22-21-16-20(36-5-2)10-11-23(21)30-24(22)25(32(28)27(31)35)18-8-6-9-19(33)15-18/h4,6,8-11,15-16,25,29-30,33H,1,5,7,12-14,17H2,2-3H3/t25-,28+/m1/s1. The smallest absolute Gasteiger partial charge is 0.328 e. The molecule has 1 saturated heterocycles. The number of nitrogens with one attached hydrogen (secondary N) is 2. The third-order valence-corrected chi connectivity index (χ3v) is 7.16. The van der Waals surface area contributed by atoms with E-state index in [0.717, 1.165) is 33.5 Å². The Morgan fingerprint density at radius 2 is 2.11 bits per heavy atom. The van der Waals surface area contributed by atoms with Gasteiger partial charge in [0.25, 0.3) is 5.91 Å². The summed E-state index contributed by atoms with van der Waals surface area (Å²) in [5.74, 6) is 0.678. The molecular formula is C28H32N4O4. The Hall–Kier alpha value is -3.78. The SMILES string of the molecule is C=CCNCCCN1C(=O)N2[C@H](c3cccc(O)c3)c3[nH]c4ccc(OCC)cc4c3C[C@@]2(C)C1=O. The van der Waals surface area contributed by atoms with Crippen molar-refractivity contribution in [1.82, 2.24) is 20.1 Å². The third kappa shape index (κ3) is 3.82. The van der Waals surface area contributed by atoms with Crippen LogP contribution in [0.4, 0.5) is 4.79 Å². The summed E-state index contributed by atoms with van der Waals surface area (Å²) in [5, 5.41) is 14.5. The third-order valence-electron chi connectivity index (χ3n) is 7.16. The Morgan fingerprint density at radius 1 is 1.28 bits per heavy atom. The summed E-state index contributed by atoms with van der Waals surface area (Å²) in [4.78, 5) is 34.2. The van der Waals surface area contributed by atoms with Crippen LogP contribution in [0.2, 0.25) is 0 Å². The topological polar surface area (TPSA) is 97.9 Å². The quantitative estimate of drug-likeness (QED) is 0.239. The molecule has 0 unspecified atom stereocenters. The zero-order chi connectivity index (χ0) is 25.4. The number of aromatic nitrogens is 1. The average molecular weight is 489 g/mol. The van der Waals surface area contributed by atoms with Crippen LogP contribution in [0.1, 0.15) is 43.1 Å². The van der Waals surface area contributed by atoms with Crippen LogP contribution in [0.15, 0.2) is 55.1 Å². The Kier molecular flexibility index (Phi) is 6.22. The van der Waals surface area contributed by atoms with E-state index in [2.05, 4.69) is 16.9 Å². The Balaban J connectivity index is 1.60. The maximum absolute atomic E-state index is 13.8. The van der Waals surface area contributed by atoms with Crippen LogP contribution >= 0.6 is 0 Å². The second-order valence-corrected chi connectivity index (χ2v) is 9.56. The molecule has 8 heteroatoms. The summed E-state index contributed by atoms with van der Waals surface area (Å²) in [6.07, 6.45) is 2.82. The van der Waals surface area contributed by atoms with E-state index < -0.39 is 11.6 Å². The van der Waals surface area contributed by atoms with Gasteiger partial charge in [0.2, 0.25) is 0 Å². The highest BCUT2D eigenvalue weighted by Gasteiger charge is 2.60. The van der Waals surface area contributed by atoms with Crippen molar-refractivity contribution in [2.75, 3.05) is 26.2 Å². The van der Waals surface area contributed by atoms with Crippen LogP contribution in [0.3, 0.4) is 0 Å². The lowest BCUT2D eigenvalue weighted by atomic mass is 9.81. The monoisotopic (exact) mass is 488 g/mol. The highest BCUT2D eigenvalue weighted by atomic mass is 16.5. The van der Waals surface area contributed by atoms with Gasteiger partial charge in [-0.3, -0.25) is 14.6 Å². The number of urea groups is 1. The maximum Gasteiger partial charge on any atom is 0.328 e. The van der Waals surface area contributed by atoms with Gasteiger partial charge in [-0.05, 0) is 68.3 Å². The number of imide groups is 1. The number of nitrogens with zero attached hydrogens (tertiary/aromatic N) is 2. The van der Waals surface area contributed by atoms with Gasteiger partial charge in [-0.2, -0.15) is 0 Å². The van der Waals surface area contributed by atoms with Gasteiger partial charge in [-0.15, -0.1) is 6.58 Å². The molecule has 5 rings (SSSR count). The Bertz CT molecular complexity index is 1330. The number of hydrogen-bond acceptors (Lipinski definition) is 5. The molecule has 8 nitrogen and oxygen atoms in total. The zero-order valence-electron chi connectivity index (χ0n) is 20.7. The van der Waals surface area contributed by atoms with Gasteiger partial charge in [-0.25, -0.2) is 4.79 Å². The first-order valence-electron chi connectivity index (χ1n) is 12.4. The molecule has 3 heterocycles. The number of rotatable bonds is 9. The summed E-state index contributed by atoms with van der Waals surface area (Å²) in [5.41, 5.74) is 2.47. The van der Waals surface area contributed by atoms with Crippen molar-refractivity contribution in [3.8, 4) is 11.5 Å². The van der Waals surface area contributed by atoms with E-state index in [1.165, 1.54) is 4.90 Å². The molecule has 2 atom stereocenters. The van der Waals surface area contributed by atoms with Crippen molar-refractivity contribution >= 4 is 22.8 Å². The lowest BCUT2D eigenvalue weighted by Crippen LogP contribution is -2.53. The normalized spacial score (nSPS) is 21.1. The molecule has 0 saturated carbocycles. The minimum atomic E-state index is -1.05. The van der Waals surface area contributed by atoms with E-state index in [1.807, 2.05) is 38.1 Å². The summed E-state index contributed by atoms with van der Waals surface area (Å²) in [6, 6.07) is 11.9. The molecule has 2 aromatic carbocycles. The number of fused-ring (bicyclic) bond motifs is 4. The number of benzene rings is 2. The van der Waals surface area contributed by atoms with Gasteiger partial charge >= 0.3 is 6.03 Å². The van der Waals surface area contributed by atoms with Crippen molar-refractivity contribution in [1.29, 1.82) is 0 Å². The fourth-order valence-corrected chi connectivity index (χ4v) is 5.55. The molecular weight excluding hydrogens is 456 g/mol. The van der Waals surface area contributed by atoms with Gasteiger partial charge in [0, 0.05) is 36.1 Å². The van der Waals surface area contributed by atoms with Crippen molar-refractivity contribution in [2.45, 2.75) is 38.3 Å². The summed E-state index contributed by atoms with van der Waals surface area (Å²) >= 11 is 0. The molecule has 3 N–H and O–H groups in total. The summed E-state index contributed by atoms with van der Waals surface area (Å²) < 4.78 is 5.74. The number of carbonyl (C=O) groups excluding carboxylic acids is 2. The fraction of sp³-hybridized carbons (Fsp3) is 0.357. The first-order chi connectivity index (χ1) is 17.4. The molecule has 1 fully saturated rings. The maximum atomic E-state index is 13.8. The Morgan fingerprint density at radius 3 is 2.86 bits per heavy atom. The first kappa shape index (κ1) is 23.9. The Labute approximate surface area is 210 Å². The molecule has 0 bridgehead atoms. The van der Waals surface area contributed by atoms with E-state index in [4.69, 9.17) is 4.74 Å². The number of phenolic OH excluding ortho intramolecular Hbond substituents is 1. The lowest BCUT2D eigenvalue weighted by molar-refractivity contribution is -0.133. The van der Waals surface area contributed by atoms with Crippen molar-refractivity contribution < 1.29 is 19.4 Å². The zero-order valence-corrected chi connectivity index (χ0v) is 20.7. The molecule has 2 aliphatic heterocycles. The summed E-state index contributed by atoms with van der Waals surface area (Å²) in [7, 11) is 0. The molecule has 0 spiro atoms. The van der Waals surface area contributed by atoms with Gasteiger partial charge in [-0.1, -0.05) is 18.2 Å². The molecule has 1 aromatic heterocycles. The van der Waals surface area contributed by atoms with Crippen LogP contribution in [0.25, 0.3) is 10.9 Å². The van der Waals surface area contributed by atoms with Crippen molar-refractivity contribution in [3.63, 3.8) is 0 Å². The molecule has 0 radical (unpaired) electrons. The van der Waals surface area contributed by atoms with Crippen LogP contribution in [-0.2, 0) is 11.2 Å². The minimum absolute atomic E-state index is 0.110. The van der Waals surface area contributed by atoms with Gasteiger partial charge in [0.1, 0.15) is 23.1 Å². The van der Waals surface area contributed by atoms with Crippen molar-refractivity contribution in [2.24, 2.45) is 0 Å². The highest BCUT2D eigenvalue weighted by Crippen LogP contribution is 2.49. The second kappa shape index (κ2) is 9.35. The van der Waals surface area contributed by atoms with E-state index >= 15 is 0 Å². The summed E-state index contributed by atoms with van der Waals surface area (Å²) in [6.45, 7) is 9.74. The molecule has 36 heavy (non-hydrogen) atoms. The largest absolute Gasteiger partial charge is 0.508 e. The lowest BCUT2D eigenvalue weighted by Gasteiger charge is -2.42. The average Bonchev–Trinajstić information content (AvgIpc) is 3.30. The van der Waals surface area contributed by atoms with E-state index in [1.54, 1.807) is 29.2 Å². The first-order valence-corrected chi connectivity index (χ1v) is 12.4. The number of amides is 3. The number of ether oxygens (including phenoxy) is 1. The minimum Gasteiger partial charge on any atom is -0.508 e. The van der Waals surface area contributed by atoms with Gasteiger partial charge in [0.05, 0.1) is 6.61 Å². The number of aromatic amines is 1. The van der Waals surface area contributed by atoms with Crippen LogP contribution < -0.4 is 10.1 Å². The van der Waals surface area contributed by atoms with E-state index in [0.29, 0.717) is 39.1 Å². The van der Waals surface area contributed by atoms with Gasteiger partial charge < -0.3 is 20.1 Å². The number of aromatic hydroxyl groups is 1. The van der Waals surface area contributed by atoms with Crippen molar-refractivity contribution in [3.05, 3.63) is 71.9 Å². The predicted molar refractivity (Wildman–Crippen MR) is 138 cm³/mol. The molecule has 3 amide bonds. The molecule has 2 aliphatic rings. The van der Waals surface area contributed by atoms with Gasteiger partial charge in [0.15, 0.2) is 0 Å². The number of hydrogen-bond donors (Lipinski definition) is 3. The van der Waals surface area contributed by atoms with Crippen LogP contribution in [0, 0.1) is 0 Å². The van der Waals surface area contributed by atoms with E-state index in [9.17, 15) is 14.7 Å². The molecule has 188 valence electrons. The predicted octanol–water partition coefficient (Wildman–Crippen LogP) is 4.11. The number of H-pyrrole nitrogens is 1. The number of carbonyl (C=O) groups is 2. The highest BCUT2D eigenvalue weighted by molar-refractivity contribution is 6.08. The fourth-order valence-electron chi connectivity index (χ4n) is 5.55. The van der Waals surface area contributed by atoms with Crippen LogP contribution in [-0.4, -0.2) is 63.6 Å². The number of phenols is 1. The second-order valence-electron chi connectivity index (χ2n) is 9.56. The molecule has 3 aromatic rings. The van der Waals surface area contributed by atoms with E-state index in [-0.39, 0.29) is 17.7 Å². The molecule has 0 aliphatic carbocycles. The van der Waals surface area contributed by atoms with Crippen LogP contribution in [0.5, 0.6) is 11.5 Å².